The molecular weight excluding hydrogens is 380 g/mol. The van der Waals surface area contributed by atoms with E-state index in [-0.39, 0.29) is 39.8 Å². The summed E-state index contributed by atoms with van der Waals surface area (Å²) in [4.78, 5) is 36.8. The number of halogens is 2. The van der Waals surface area contributed by atoms with Gasteiger partial charge in [-0.1, -0.05) is 0 Å². The van der Waals surface area contributed by atoms with E-state index in [2.05, 4.69) is 5.32 Å². The molecule has 1 aromatic heterocycles. The van der Waals surface area contributed by atoms with Crippen LogP contribution < -0.4 is 5.32 Å². The van der Waals surface area contributed by atoms with Gasteiger partial charge in [0.2, 0.25) is 0 Å². The van der Waals surface area contributed by atoms with E-state index in [4.69, 9.17) is 9.47 Å². The molecule has 0 unspecified atom stereocenters. The zero-order chi connectivity index (χ0) is 20.1. The van der Waals surface area contributed by atoms with Crippen molar-refractivity contribution in [1.82, 2.24) is 0 Å². The van der Waals surface area contributed by atoms with E-state index in [1.165, 1.54) is 6.92 Å². The molecule has 2 aromatic rings. The van der Waals surface area contributed by atoms with E-state index < -0.39 is 29.5 Å². The van der Waals surface area contributed by atoms with Crippen LogP contribution in [-0.4, -0.2) is 31.1 Å². The minimum Gasteiger partial charge on any atom is -0.462 e. The maximum Gasteiger partial charge on any atom is 0.348 e. The molecule has 0 saturated heterocycles. The first-order chi connectivity index (χ1) is 12.8. The summed E-state index contributed by atoms with van der Waals surface area (Å²) in [5.74, 6) is -4.05. The highest BCUT2D eigenvalue weighted by Crippen LogP contribution is 2.34. The molecule has 0 radical (unpaired) electrons. The van der Waals surface area contributed by atoms with E-state index in [1.807, 2.05) is 0 Å². The number of hydrogen-bond donors (Lipinski definition) is 1. The third-order valence-electron chi connectivity index (χ3n) is 3.44. The lowest BCUT2D eigenvalue weighted by Crippen LogP contribution is -2.15. The second-order valence-corrected chi connectivity index (χ2v) is 6.33. The third kappa shape index (κ3) is 4.68. The lowest BCUT2D eigenvalue weighted by atomic mass is 10.1. The molecule has 0 aliphatic carbocycles. The number of esters is 2. The maximum atomic E-state index is 13.3. The lowest BCUT2D eigenvalue weighted by molar-refractivity contribution is 0.0527. The summed E-state index contributed by atoms with van der Waals surface area (Å²) in [6.07, 6.45) is 0. The van der Waals surface area contributed by atoms with Crippen LogP contribution in [0.3, 0.4) is 0 Å². The van der Waals surface area contributed by atoms with Gasteiger partial charge in [-0.3, -0.25) is 4.79 Å². The summed E-state index contributed by atoms with van der Waals surface area (Å²) in [5.41, 5.74) is 0.0128. The van der Waals surface area contributed by atoms with E-state index >= 15 is 0 Å². The van der Waals surface area contributed by atoms with Crippen molar-refractivity contribution >= 4 is 34.2 Å². The molecule has 1 aromatic carbocycles. The van der Waals surface area contributed by atoms with Gasteiger partial charge in [0.15, 0.2) is 0 Å². The van der Waals surface area contributed by atoms with Crippen LogP contribution in [0.4, 0.5) is 13.8 Å². The van der Waals surface area contributed by atoms with Gasteiger partial charge in [0.25, 0.3) is 5.91 Å². The van der Waals surface area contributed by atoms with Crippen molar-refractivity contribution in [3.05, 3.63) is 51.4 Å². The average Bonchev–Trinajstić information content (AvgIpc) is 2.90. The zero-order valence-corrected chi connectivity index (χ0v) is 15.7. The molecule has 0 aliphatic heterocycles. The molecule has 0 fully saturated rings. The van der Waals surface area contributed by atoms with Crippen LogP contribution >= 0.6 is 11.3 Å². The molecule has 144 valence electrons. The first kappa shape index (κ1) is 20.5. The Balaban J connectivity index is 2.44. The van der Waals surface area contributed by atoms with Crippen molar-refractivity contribution in [3.8, 4) is 0 Å². The Morgan fingerprint density at radius 2 is 1.56 bits per heavy atom. The van der Waals surface area contributed by atoms with Crippen molar-refractivity contribution in [3.63, 3.8) is 0 Å². The quantitative estimate of drug-likeness (QED) is 0.747. The number of carbonyl (C=O) groups is 3. The monoisotopic (exact) mass is 397 g/mol. The summed E-state index contributed by atoms with van der Waals surface area (Å²) < 4.78 is 36.6. The molecule has 9 heteroatoms. The molecule has 0 bridgehead atoms. The molecular formula is C18H17F2NO5S. The smallest absolute Gasteiger partial charge is 0.348 e. The standard InChI is InChI=1S/C18H17F2NO5S/c1-4-25-17(23)13-9(3)14(18(24)26-5-2)27-16(13)21-15(22)10-6-11(19)8-12(20)7-10/h6-8H,4-5H2,1-3H3,(H,21,22). The molecule has 0 aliphatic rings. The van der Waals surface area contributed by atoms with Crippen LogP contribution in [0.1, 0.15) is 49.8 Å². The minimum absolute atomic E-state index is 0.00451. The summed E-state index contributed by atoms with van der Waals surface area (Å²) in [6, 6.07) is 2.35. The molecule has 1 amide bonds. The molecule has 0 atom stereocenters. The van der Waals surface area contributed by atoms with Gasteiger partial charge in [0.1, 0.15) is 21.5 Å². The van der Waals surface area contributed by atoms with E-state index in [0.29, 0.717) is 6.07 Å². The zero-order valence-electron chi connectivity index (χ0n) is 14.9. The number of ether oxygens (including phenoxy) is 2. The van der Waals surface area contributed by atoms with Gasteiger partial charge in [-0.2, -0.15) is 0 Å². The number of thiophene rings is 1. The molecule has 27 heavy (non-hydrogen) atoms. The predicted octanol–water partition coefficient (Wildman–Crippen LogP) is 3.94. The summed E-state index contributed by atoms with van der Waals surface area (Å²) in [5, 5.41) is 2.45. The molecule has 0 spiro atoms. The van der Waals surface area contributed by atoms with Crippen molar-refractivity contribution in [2.24, 2.45) is 0 Å². The van der Waals surface area contributed by atoms with Gasteiger partial charge < -0.3 is 14.8 Å². The highest BCUT2D eigenvalue weighted by Gasteiger charge is 2.27. The topological polar surface area (TPSA) is 81.7 Å². The van der Waals surface area contributed by atoms with Gasteiger partial charge in [0.05, 0.1) is 18.8 Å². The summed E-state index contributed by atoms with van der Waals surface area (Å²) in [7, 11) is 0. The molecule has 2 rings (SSSR count). The van der Waals surface area contributed by atoms with Crippen molar-refractivity contribution < 1.29 is 32.6 Å². The van der Waals surface area contributed by atoms with Crippen LogP contribution in [0.2, 0.25) is 0 Å². The van der Waals surface area contributed by atoms with Crippen LogP contribution in [0.15, 0.2) is 18.2 Å². The Morgan fingerprint density at radius 3 is 2.11 bits per heavy atom. The number of anilines is 1. The number of amides is 1. The average molecular weight is 397 g/mol. The fourth-order valence-corrected chi connectivity index (χ4v) is 3.39. The fourth-order valence-electron chi connectivity index (χ4n) is 2.30. The second kappa shape index (κ2) is 8.72. The van der Waals surface area contributed by atoms with Crippen LogP contribution in [0.5, 0.6) is 0 Å². The molecule has 1 heterocycles. The Morgan fingerprint density at radius 1 is 1.00 bits per heavy atom. The number of nitrogens with one attached hydrogen (secondary N) is 1. The Kier molecular flexibility index (Phi) is 6.62. The molecule has 0 saturated carbocycles. The molecule has 1 N–H and O–H groups in total. The van der Waals surface area contributed by atoms with Crippen molar-refractivity contribution in [1.29, 1.82) is 0 Å². The number of rotatable bonds is 6. The minimum atomic E-state index is -0.916. The van der Waals surface area contributed by atoms with E-state index in [0.717, 1.165) is 23.5 Å². The Bertz CT molecular complexity index is 874. The van der Waals surface area contributed by atoms with Gasteiger partial charge in [-0.25, -0.2) is 18.4 Å². The Hall–Kier alpha value is -2.81. The van der Waals surface area contributed by atoms with Gasteiger partial charge in [-0.15, -0.1) is 11.3 Å². The van der Waals surface area contributed by atoms with Crippen LogP contribution in [0.25, 0.3) is 0 Å². The highest BCUT2D eigenvalue weighted by atomic mass is 32.1. The van der Waals surface area contributed by atoms with Crippen molar-refractivity contribution in [2.45, 2.75) is 20.8 Å². The largest absolute Gasteiger partial charge is 0.462 e. The third-order valence-corrected chi connectivity index (χ3v) is 4.63. The number of hydrogen-bond acceptors (Lipinski definition) is 6. The maximum absolute atomic E-state index is 13.3. The summed E-state index contributed by atoms with van der Waals surface area (Å²) >= 11 is 0.825. The van der Waals surface area contributed by atoms with Crippen molar-refractivity contribution in [2.75, 3.05) is 18.5 Å². The van der Waals surface area contributed by atoms with Crippen LogP contribution in [0, 0.1) is 18.6 Å². The normalized spacial score (nSPS) is 10.4. The lowest BCUT2D eigenvalue weighted by Gasteiger charge is -2.07. The summed E-state index contributed by atoms with van der Waals surface area (Å²) in [6.45, 7) is 4.99. The first-order valence-electron chi connectivity index (χ1n) is 8.03. The number of benzene rings is 1. The van der Waals surface area contributed by atoms with E-state index in [1.54, 1.807) is 13.8 Å². The second-order valence-electron chi connectivity index (χ2n) is 5.31. The van der Waals surface area contributed by atoms with E-state index in [9.17, 15) is 23.2 Å². The predicted molar refractivity (Wildman–Crippen MR) is 95.3 cm³/mol. The molecule has 6 nitrogen and oxygen atoms in total. The Labute approximate surface area is 158 Å². The fraction of sp³-hybridized carbons (Fsp3) is 0.278. The van der Waals surface area contributed by atoms with Gasteiger partial charge >= 0.3 is 11.9 Å². The van der Waals surface area contributed by atoms with Crippen LogP contribution in [-0.2, 0) is 9.47 Å². The van der Waals surface area contributed by atoms with Gasteiger partial charge in [-0.05, 0) is 38.5 Å². The highest BCUT2D eigenvalue weighted by molar-refractivity contribution is 7.18. The number of carbonyl (C=O) groups excluding carboxylic acids is 3. The van der Waals surface area contributed by atoms with Gasteiger partial charge in [0, 0.05) is 11.6 Å². The first-order valence-corrected chi connectivity index (χ1v) is 8.85. The SMILES string of the molecule is CCOC(=O)c1sc(NC(=O)c2cc(F)cc(F)c2)c(C(=O)OCC)c1C.